The minimum absolute atomic E-state index is 0.0570. The molecule has 0 spiro atoms. The predicted molar refractivity (Wildman–Crippen MR) is 96.6 cm³/mol. The van der Waals surface area contributed by atoms with E-state index in [1.165, 1.54) is 6.92 Å². The van der Waals surface area contributed by atoms with Crippen molar-refractivity contribution in [2.75, 3.05) is 6.61 Å². The lowest BCUT2D eigenvalue weighted by atomic mass is 9.81. The monoisotopic (exact) mass is 373 g/mol. The highest BCUT2D eigenvalue weighted by Gasteiger charge is 2.43. The summed E-state index contributed by atoms with van der Waals surface area (Å²) in [6.07, 6.45) is 1.53. The highest BCUT2D eigenvalue weighted by molar-refractivity contribution is 5.74. The standard InChI is InChI=1S/C19H35NO6/c1-5-19(6-2,20-13(4)21)17-10-14(22)9-15(26-17)11-24-18-16(23)8-7-12(3)25-18/h12,14-18,22-23H,5-11H2,1-4H3,(H,20,21)/t12-,14-,15-,16-,17?,18+/m0/s1. The Balaban J connectivity index is 1.98. The van der Waals surface area contributed by atoms with Crippen molar-refractivity contribution in [2.45, 2.75) is 109 Å². The van der Waals surface area contributed by atoms with Crippen LogP contribution in [0.3, 0.4) is 0 Å². The summed E-state index contributed by atoms with van der Waals surface area (Å²) in [5.74, 6) is -0.0992. The number of hydrogen-bond acceptors (Lipinski definition) is 6. The first-order chi connectivity index (χ1) is 12.3. The van der Waals surface area contributed by atoms with Gasteiger partial charge in [-0.1, -0.05) is 13.8 Å². The second kappa shape index (κ2) is 9.46. The highest BCUT2D eigenvalue weighted by atomic mass is 16.7. The number of nitrogens with one attached hydrogen (secondary N) is 1. The maximum Gasteiger partial charge on any atom is 0.217 e. The second-order valence-corrected chi connectivity index (χ2v) is 7.71. The molecule has 2 fully saturated rings. The number of ether oxygens (including phenoxy) is 3. The fourth-order valence-corrected chi connectivity index (χ4v) is 4.05. The van der Waals surface area contributed by atoms with Gasteiger partial charge in [0.15, 0.2) is 6.29 Å². The summed E-state index contributed by atoms with van der Waals surface area (Å²) in [6.45, 7) is 7.74. The van der Waals surface area contributed by atoms with E-state index in [4.69, 9.17) is 14.2 Å². The Labute approximate surface area is 156 Å². The van der Waals surface area contributed by atoms with Gasteiger partial charge < -0.3 is 29.7 Å². The van der Waals surface area contributed by atoms with Crippen LogP contribution in [0.5, 0.6) is 0 Å². The lowest BCUT2D eigenvalue weighted by molar-refractivity contribution is -0.253. The lowest BCUT2D eigenvalue weighted by Crippen LogP contribution is -2.60. The molecule has 2 saturated heterocycles. The fourth-order valence-electron chi connectivity index (χ4n) is 4.05. The van der Waals surface area contributed by atoms with E-state index in [2.05, 4.69) is 5.32 Å². The predicted octanol–water partition coefficient (Wildman–Crippen LogP) is 1.49. The largest absolute Gasteiger partial charge is 0.393 e. The molecule has 0 aliphatic carbocycles. The summed E-state index contributed by atoms with van der Waals surface area (Å²) in [7, 11) is 0. The zero-order chi connectivity index (χ0) is 19.3. The first kappa shape index (κ1) is 21.6. The van der Waals surface area contributed by atoms with Crippen LogP contribution < -0.4 is 5.32 Å². The molecule has 1 unspecified atom stereocenters. The van der Waals surface area contributed by atoms with Crippen LogP contribution in [0.2, 0.25) is 0 Å². The molecule has 152 valence electrons. The van der Waals surface area contributed by atoms with Crippen molar-refractivity contribution in [3.63, 3.8) is 0 Å². The third-order valence-corrected chi connectivity index (χ3v) is 5.68. The van der Waals surface area contributed by atoms with Crippen molar-refractivity contribution >= 4 is 5.91 Å². The van der Waals surface area contributed by atoms with Crippen LogP contribution >= 0.6 is 0 Å². The van der Waals surface area contributed by atoms with E-state index in [0.29, 0.717) is 19.3 Å². The molecule has 0 radical (unpaired) electrons. The number of carbonyl (C=O) groups is 1. The lowest BCUT2D eigenvalue weighted by Gasteiger charge is -2.45. The van der Waals surface area contributed by atoms with Crippen molar-refractivity contribution in [1.82, 2.24) is 5.32 Å². The van der Waals surface area contributed by atoms with Crippen LogP contribution in [0.25, 0.3) is 0 Å². The SMILES string of the molecule is CCC(CC)(NC(C)=O)C1C[C@@H](O)C[C@@H](CO[C@@H]2O[C@@H](C)CC[C@@H]2O)O1. The van der Waals surface area contributed by atoms with Crippen molar-refractivity contribution in [1.29, 1.82) is 0 Å². The third-order valence-electron chi connectivity index (χ3n) is 5.68. The van der Waals surface area contributed by atoms with E-state index < -0.39 is 24.0 Å². The number of hydrogen-bond donors (Lipinski definition) is 3. The van der Waals surface area contributed by atoms with Gasteiger partial charge in [-0.05, 0) is 32.6 Å². The van der Waals surface area contributed by atoms with Crippen LogP contribution in [0.4, 0.5) is 0 Å². The molecule has 26 heavy (non-hydrogen) atoms. The van der Waals surface area contributed by atoms with Gasteiger partial charge in [0.2, 0.25) is 5.91 Å². The number of amides is 1. The first-order valence-electron chi connectivity index (χ1n) is 9.87. The average molecular weight is 373 g/mol. The zero-order valence-corrected chi connectivity index (χ0v) is 16.4. The van der Waals surface area contributed by atoms with Gasteiger partial charge in [-0.25, -0.2) is 0 Å². The van der Waals surface area contributed by atoms with Gasteiger partial charge in [-0.15, -0.1) is 0 Å². The van der Waals surface area contributed by atoms with E-state index in [1.807, 2.05) is 20.8 Å². The number of aliphatic hydroxyl groups is 2. The Morgan fingerprint density at radius 2 is 1.88 bits per heavy atom. The Hall–Kier alpha value is -0.730. The molecule has 0 aromatic rings. The van der Waals surface area contributed by atoms with Crippen LogP contribution in [-0.4, -0.2) is 65.1 Å². The van der Waals surface area contributed by atoms with E-state index >= 15 is 0 Å². The van der Waals surface area contributed by atoms with Gasteiger partial charge in [0.25, 0.3) is 0 Å². The van der Waals surface area contributed by atoms with Crippen LogP contribution in [0, 0.1) is 0 Å². The van der Waals surface area contributed by atoms with Gasteiger partial charge in [-0.3, -0.25) is 4.79 Å². The van der Waals surface area contributed by atoms with E-state index in [9.17, 15) is 15.0 Å². The summed E-state index contributed by atoms with van der Waals surface area (Å²) >= 11 is 0. The molecule has 0 bridgehead atoms. The Bertz CT molecular complexity index is 455. The normalized spacial score (nSPS) is 35.9. The molecule has 2 aliphatic heterocycles. The Morgan fingerprint density at radius 3 is 2.50 bits per heavy atom. The average Bonchev–Trinajstić information content (AvgIpc) is 2.60. The number of carbonyl (C=O) groups excluding carboxylic acids is 1. The zero-order valence-electron chi connectivity index (χ0n) is 16.4. The summed E-state index contributed by atoms with van der Waals surface area (Å²) in [5, 5.41) is 23.4. The maximum atomic E-state index is 11.7. The molecule has 2 aliphatic rings. The molecule has 3 N–H and O–H groups in total. The molecular formula is C19H35NO6. The second-order valence-electron chi connectivity index (χ2n) is 7.71. The summed E-state index contributed by atoms with van der Waals surface area (Å²) in [4.78, 5) is 11.7. The minimum Gasteiger partial charge on any atom is -0.393 e. The number of aliphatic hydroxyl groups excluding tert-OH is 2. The van der Waals surface area contributed by atoms with Gasteiger partial charge in [-0.2, -0.15) is 0 Å². The highest BCUT2D eigenvalue weighted by Crippen LogP contribution is 2.32. The molecule has 6 atom stereocenters. The van der Waals surface area contributed by atoms with Gasteiger partial charge in [0.1, 0.15) is 6.10 Å². The van der Waals surface area contributed by atoms with E-state index in [1.54, 1.807) is 0 Å². The van der Waals surface area contributed by atoms with Gasteiger partial charge in [0.05, 0.1) is 36.6 Å². The third kappa shape index (κ3) is 5.39. The molecular weight excluding hydrogens is 338 g/mol. The van der Waals surface area contributed by atoms with Gasteiger partial charge in [0, 0.05) is 19.8 Å². The smallest absolute Gasteiger partial charge is 0.217 e. The Morgan fingerprint density at radius 1 is 1.19 bits per heavy atom. The maximum absolute atomic E-state index is 11.7. The molecule has 2 heterocycles. The van der Waals surface area contributed by atoms with Crippen LogP contribution in [0.1, 0.15) is 66.2 Å². The van der Waals surface area contributed by atoms with Gasteiger partial charge >= 0.3 is 0 Å². The molecule has 2 rings (SSSR count). The van der Waals surface area contributed by atoms with E-state index in [-0.39, 0.29) is 30.8 Å². The van der Waals surface area contributed by atoms with Crippen molar-refractivity contribution in [2.24, 2.45) is 0 Å². The van der Waals surface area contributed by atoms with Crippen LogP contribution in [0.15, 0.2) is 0 Å². The Kier molecular flexibility index (Phi) is 7.85. The summed E-state index contributed by atoms with van der Waals surface area (Å²) < 4.78 is 17.6. The number of rotatable bonds is 7. The molecule has 1 amide bonds. The quantitative estimate of drug-likeness (QED) is 0.626. The first-order valence-corrected chi connectivity index (χ1v) is 9.87. The molecule has 7 heteroatoms. The molecule has 0 aromatic carbocycles. The molecule has 0 aromatic heterocycles. The molecule has 7 nitrogen and oxygen atoms in total. The minimum atomic E-state index is -0.655. The van der Waals surface area contributed by atoms with Crippen molar-refractivity contribution < 1.29 is 29.2 Å². The fraction of sp³-hybridized carbons (Fsp3) is 0.947. The van der Waals surface area contributed by atoms with E-state index in [0.717, 1.165) is 19.3 Å². The van der Waals surface area contributed by atoms with Crippen molar-refractivity contribution in [3.8, 4) is 0 Å². The van der Waals surface area contributed by atoms with Crippen molar-refractivity contribution in [3.05, 3.63) is 0 Å². The van der Waals surface area contributed by atoms with Crippen LogP contribution in [-0.2, 0) is 19.0 Å². The topological polar surface area (TPSA) is 97.3 Å². The summed E-state index contributed by atoms with van der Waals surface area (Å²) in [5.41, 5.74) is -0.499. The molecule has 0 saturated carbocycles. The summed E-state index contributed by atoms with van der Waals surface area (Å²) in [6, 6.07) is 0.